The minimum Gasteiger partial charge on any atom is -0.496 e. The maximum atomic E-state index is 6.08. The number of halogens is 3. The van der Waals surface area contributed by atoms with E-state index in [1.165, 1.54) is 0 Å². The van der Waals surface area contributed by atoms with Gasteiger partial charge in [-0.25, -0.2) is 0 Å². The van der Waals surface area contributed by atoms with Gasteiger partial charge in [0.05, 0.1) is 17.6 Å². The summed E-state index contributed by atoms with van der Waals surface area (Å²) < 4.78 is 6.16. The van der Waals surface area contributed by atoms with Crippen molar-refractivity contribution < 1.29 is 4.74 Å². The second-order valence-electron chi connectivity index (χ2n) is 4.32. The topological polar surface area (TPSA) is 21.3 Å². The van der Waals surface area contributed by atoms with Crippen molar-refractivity contribution in [3.05, 3.63) is 62.0 Å². The quantitative estimate of drug-likeness (QED) is 0.806. The number of rotatable bonds is 4. The molecule has 0 bridgehead atoms. The van der Waals surface area contributed by atoms with Gasteiger partial charge in [0.2, 0.25) is 0 Å². The van der Waals surface area contributed by atoms with Gasteiger partial charge in [-0.3, -0.25) is 0 Å². The van der Waals surface area contributed by atoms with Crippen LogP contribution in [0, 0.1) is 0 Å². The van der Waals surface area contributed by atoms with E-state index in [-0.39, 0.29) is 6.04 Å². The van der Waals surface area contributed by atoms with Crippen LogP contribution in [0.5, 0.6) is 5.75 Å². The highest BCUT2D eigenvalue weighted by molar-refractivity contribution is 9.10. The summed E-state index contributed by atoms with van der Waals surface area (Å²) >= 11 is 15.7. The van der Waals surface area contributed by atoms with E-state index in [0.717, 1.165) is 21.3 Å². The van der Waals surface area contributed by atoms with Crippen LogP contribution in [0.1, 0.15) is 17.2 Å². The molecule has 2 aromatic rings. The Hall–Kier alpha value is -0.740. The zero-order chi connectivity index (χ0) is 14.7. The van der Waals surface area contributed by atoms with Gasteiger partial charge < -0.3 is 10.1 Å². The van der Waals surface area contributed by atoms with E-state index >= 15 is 0 Å². The van der Waals surface area contributed by atoms with Gasteiger partial charge in [0, 0.05) is 10.0 Å². The summed E-state index contributed by atoms with van der Waals surface area (Å²) in [7, 11) is 3.55. The molecule has 0 aliphatic carbocycles. The maximum Gasteiger partial charge on any atom is 0.133 e. The van der Waals surface area contributed by atoms with Crippen LogP contribution in [0.3, 0.4) is 0 Å². The molecule has 0 aromatic heterocycles. The molecule has 1 N–H and O–H groups in total. The number of ether oxygens (including phenoxy) is 1. The first-order chi connectivity index (χ1) is 9.55. The van der Waals surface area contributed by atoms with Gasteiger partial charge in [-0.1, -0.05) is 29.3 Å². The molecule has 2 rings (SSSR count). The van der Waals surface area contributed by atoms with Crippen molar-refractivity contribution in [3.8, 4) is 5.75 Å². The molecular formula is C15H14BrCl2NO. The van der Waals surface area contributed by atoms with Crippen molar-refractivity contribution in [2.24, 2.45) is 0 Å². The van der Waals surface area contributed by atoms with Gasteiger partial charge in [-0.2, -0.15) is 0 Å². The lowest BCUT2D eigenvalue weighted by Gasteiger charge is -2.19. The average Bonchev–Trinajstić information content (AvgIpc) is 2.38. The highest BCUT2D eigenvalue weighted by Crippen LogP contribution is 2.32. The van der Waals surface area contributed by atoms with Gasteiger partial charge in [-0.05, 0) is 64.4 Å². The molecule has 0 saturated heterocycles. The van der Waals surface area contributed by atoms with Gasteiger partial charge in [0.25, 0.3) is 0 Å². The SMILES string of the molecule is CNC(c1cc(Cl)cc(Cl)c1)c1ccc(OC)c(Br)c1. The summed E-state index contributed by atoms with van der Waals surface area (Å²) in [6.07, 6.45) is 0. The molecule has 1 unspecified atom stereocenters. The average molecular weight is 375 g/mol. The number of hydrogen-bond donors (Lipinski definition) is 1. The lowest BCUT2D eigenvalue weighted by atomic mass is 9.99. The number of hydrogen-bond acceptors (Lipinski definition) is 2. The summed E-state index contributed by atoms with van der Waals surface area (Å²) in [4.78, 5) is 0. The van der Waals surface area contributed by atoms with Gasteiger partial charge in [-0.15, -0.1) is 0 Å². The second-order valence-corrected chi connectivity index (χ2v) is 6.05. The van der Waals surface area contributed by atoms with Crippen LogP contribution in [0.2, 0.25) is 10.0 Å². The van der Waals surface area contributed by atoms with E-state index in [1.807, 2.05) is 37.4 Å². The molecule has 0 aliphatic rings. The first-order valence-corrected chi connectivity index (χ1v) is 7.56. The van der Waals surface area contributed by atoms with Crippen molar-refractivity contribution in [1.29, 1.82) is 0 Å². The second kappa shape index (κ2) is 6.81. The zero-order valence-corrected chi connectivity index (χ0v) is 14.2. The molecule has 0 fully saturated rings. The molecule has 0 spiro atoms. The van der Waals surface area contributed by atoms with Crippen molar-refractivity contribution in [2.75, 3.05) is 14.2 Å². The van der Waals surface area contributed by atoms with Crippen LogP contribution in [-0.2, 0) is 0 Å². The summed E-state index contributed by atoms with van der Waals surface area (Å²) in [6.45, 7) is 0. The third-order valence-corrected chi connectivity index (χ3v) is 4.07. The van der Waals surface area contributed by atoms with Crippen LogP contribution in [0.4, 0.5) is 0 Å². The van der Waals surface area contributed by atoms with E-state index < -0.39 is 0 Å². The fourth-order valence-corrected chi connectivity index (χ4v) is 3.23. The Morgan fingerprint density at radius 1 is 1.05 bits per heavy atom. The Kier molecular flexibility index (Phi) is 5.33. The predicted molar refractivity (Wildman–Crippen MR) is 88.1 cm³/mol. The van der Waals surface area contributed by atoms with Crippen molar-refractivity contribution in [3.63, 3.8) is 0 Å². The molecule has 20 heavy (non-hydrogen) atoms. The van der Waals surface area contributed by atoms with E-state index in [4.69, 9.17) is 27.9 Å². The van der Waals surface area contributed by atoms with E-state index in [9.17, 15) is 0 Å². The lowest BCUT2D eigenvalue weighted by molar-refractivity contribution is 0.412. The van der Waals surface area contributed by atoms with Crippen LogP contribution in [0.25, 0.3) is 0 Å². The van der Waals surface area contributed by atoms with E-state index in [2.05, 4.69) is 21.2 Å². The number of benzene rings is 2. The maximum absolute atomic E-state index is 6.08. The first-order valence-electron chi connectivity index (χ1n) is 6.02. The van der Waals surface area contributed by atoms with Gasteiger partial charge in [0.1, 0.15) is 5.75 Å². The summed E-state index contributed by atoms with van der Waals surface area (Å²) in [5.41, 5.74) is 2.11. The molecule has 5 heteroatoms. The third kappa shape index (κ3) is 3.47. The molecule has 2 nitrogen and oxygen atoms in total. The van der Waals surface area contributed by atoms with E-state index in [0.29, 0.717) is 10.0 Å². The molecule has 0 saturated carbocycles. The summed E-state index contributed by atoms with van der Waals surface area (Å²) in [5.74, 6) is 0.799. The molecule has 1 atom stereocenters. The first kappa shape index (κ1) is 15.6. The molecule has 106 valence electrons. The zero-order valence-electron chi connectivity index (χ0n) is 11.1. The number of methoxy groups -OCH3 is 1. The highest BCUT2D eigenvalue weighted by atomic mass is 79.9. The minimum absolute atomic E-state index is 0.00778. The molecule has 0 radical (unpaired) electrons. The number of nitrogens with one attached hydrogen (secondary N) is 1. The Bertz CT molecular complexity index is 599. The van der Waals surface area contributed by atoms with Gasteiger partial charge >= 0.3 is 0 Å². The molecule has 2 aromatic carbocycles. The summed E-state index contributed by atoms with van der Waals surface area (Å²) in [5, 5.41) is 4.53. The highest BCUT2D eigenvalue weighted by Gasteiger charge is 2.15. The molecule has 0 aliphatic heterocycles. The van der Waals surface area contributed by atoms with Crippen LogP contribution in [-0.4, -0.2) is 14.2 Å². The minimum atomic E-state index is 0.00778. The lowest BCUT2D eigenvalue weighted by Crippen LogP contribution is -2.17. The third-order valence-electron chi connectivity index (χ3n) is 3.02. The van der Waals surface area contributed by atoms with E-state index in [1.54, 1.807) is 13.2 Å². The molecule has 0 heterocycles. The van der Waals surface area contributed by atoms with Crippen molar-refractivity contribution >= 4 is 39.1 Å². The standard InChI is InChI=1S/C15H14BrCl2NO/c1-19-15(10-5-11(17)8-12(18)6-10)9-3-4-14(20-2)13(16)7-9/h3-8,15,19H,1-2H3. The van der Waals surface area contributed by atoms with Crippen LogP contribution in [0.15, 0.2) is 40.9 Å². The Morgan fingerprint density at radius 2 is 1.70 bits per heavy atom. The fraction of sp³-hybridized carbons (Fsp3) is 0.200. The van der Waals surface area contributed by atoms with Crippen LogP contribution < -0.4 is 10.1 Å². The normalized spacial score (nSPS) is 12.2. The molecular weight excluding hydrogens is 361 g/mol. The Balaban J connectivity index is 2.44. The van der Waals surface area contributed by atoms with Crippen molar-refractivity contribution in [2.45, 2.75) is 6.04 Å². The predicted octanol–water partition coefficient (Wildman–Crippen LogP) is 5.07. The van der Waals surface area contributed by atoms with Crippen LogP contribution >= 0.6 is 39.1 Å². The largest absolute Gasteiger partial charge is 0.496 e. The van der Waals surface area contributed by atoms with Gasteiger partial charge in [0.15, 0.2) is 0 Å². The smallest absolute Gasteiger partial charge is 0.133 e. The monoisotopic (exact) mass is 373 g/mol. The Morgan fingerprint density at radius 3 is 2.20 bits per heavy atom. The fourth-order valence-electron chi connectivity index (χ4n) is 2.13. The molecule has 0 amide bonds. The summed E-state index contributed by atoms with van der Waals surface area (Å²) in [6, 6.07) is 11.5. The van der Waals surface area contributed by atoms with Crippen molar-refractivity contribution in [1.82, 2.24) is 5.32 Å². The Labute approximate surface area is 137 Å².